The van der Waals surface area contributed by atoms with Gasteiger partial charge in [-0.3, -0.25) is 4.98 Å². The number of aromatic nitrogens is 2. The number of halogens is 2. The number of carbonyl (C=O) groups excluding carboxylic acids is 1. The molecule has 1 fully saturated rings. The molecule has 2 aromatic rings. The van der Waals surface area contributed by atoms with Gasteiger partial charge in [0.15, 0.2) is 5.82 Å². The maximum Gasteiger partial charge on any atom is 0.336 e. The van der Waals surface area contributed by atoms with Gasteiger partial charge in [0.1, 0.15) is 6.10 Å². The van der Waals surface area contributed by atoms with Crippen molar-refractivity contribution in [3.63, 3.8) is 0 Å². The molecule has 0 aromatic carbocycles. The van der Waals surface area contributed by atoms with Gasteiger partial charge in [0.25, 0.3) is 0 Å². The van der Waals surface area contributed by atoms with Crippen LogP contribution in [-0.4, -0.2) is 35.3 Å². The summed E-state index contributed by atoms with van der Waals surface area (Å²) in [7, 11) is 0. The van der Waals surface area contributed by atoms with Crippen molar-refractivity contribution in [1.82, 2.24) is 9.97 Å². The molecule has 0 bridgehead atoms. The molecular weight excluding hydrogens is 401 g/mol. The van der Waals surface area contributed by atoms with Crippen LogP contribution in [0.3, 0.4) is 0 Å². The summed E-state index contributed by atoms with van der Waals surface area (Å²) in [5.74, 6) is 0.433. The number of urea groups is 1. The van der Waals surface area contributed by atoms with Crippen molar-refractivity contribution >= 4 is 59.2 Å². The number of hydrogen-bond acceptors (Lipinski definition) is 7. The van der Waals surface area contributed by atoms with E-state index < -0.39 is 6.03 Å². The van der Waals surface area contributed by atoms with Gasteiger partial charge in [-0.1, -0.05) is 36.0 Å². The Balaban J connectivity index is 1.72. The Labute approximate surface area is 165 Å². The number of nitrogens with zero attached hydrogens (tertiary/aromatic N) is 3. The molecule has 26 heavy (non-hydrogen) atoms. The third kappa shape index (κ3) is 4.24. The van der Waals surface area contributed by atoms with Crippen molar-refractivity contribution in [3.05, 3.63) is 34.6 Å². The van der Waals surface area contributed by atoms with Crippen LogP contribution < -0.4 is 20.1 Å². The Kier molecular flexibility index (Phi) is 5.92. The zero-order chi connectivity index (χ0) is 18.7. The molecule has 0 spiro atoms. The minimum Gasteiger partial charge on any atom is -0.472 e. The molecule has 11 heteroatoms. The first kappa shape index (κ1) is 18.8. The highest BCUT2D eigenvalue weighted by atomic mass is 35.5. The van der Waals surface area contributed by atoms with E-state index in [9.17, 15) is 4.79 Å². The highest BCUT2D eigenvalue weighted by molar-refractivity contribution is 7.82. The summed E-state index contributed by atoms with van der Waals surface area (Å²) in [6.45, 7) is 1.17. The molecule has 2 aromatic heterocycles. The van der Waals surface area contributed by atoms with Crippen molar-refractivity contribution in [2.45, 2.75) is 12.5 Å². The van der Waals surface area contributed by atoms with Gasteiger partial charge in [-0.25, -0.2) is 9.10 Å². The molecule has 1 atom stereocenters. The molecule has 0 radical (unpaired) electrons. The van der Waals surface area contributed by atoms with E-state index >= 15 is 0 Å². The second-order valence-electron chi connectivity index (χ2n) is 5.38. The summed E-state index contributed by atoms with van der Waals surface area (Å²) in [6.07, 6.45) is 3.46. The lowest BCUT2D eigenvalue weighted by atomic mass is 10.3. The molecule has 8 nitrogen and oxygen atoms in total. The lowest BCUT2D eigenvalue weighted by molar-refractivity contribution is 0.138. The first-order valence-corrected chi connectivity index (χ1v) is 8.71. The number of amides is 2. The van der Waals surface area contributed by atoms with Gasteiger partial charge in [-0.15, -0.1) is 0 Å². The number of nitrogens with two attached hydrogens (primary N) is 1. The van der Waals surface area contributed by atoms with Crippen LogP contribution in [0.1, 0.15) is 6.42 Å². The molecule has 1 unspecified atom stereocenters. The first-order chi connectivity index (χ1) is 12.5. The Bertz CT molecular complexity index is 800. The topological polar surface area (TPSA) is 103 Å². The Morgan fingerprint density at radius 2 is 2.12 bits per heavy atom. The molecule has 138 valence electrons. The smallest absolute Gasteiger partial charge is 0.336 e. The first-order valence-electron chi connectivity index (χ1n) is 7.55. The molecule has 1 saturated heterocycles. The van der Waals surface area contributed by atoms with Gasteiger partial charge >= 0.3 is 6.03 Å². The van der Waals surface area contributed by atoms with E-state index in [-0.39, 0.29) is 33.3 Å². The Morgan fingerprint density at radius 1 is 1.38 bits per heavy atom. The van der Waals surface area contributed by atoms with Crippen molar-refractivity contribution in [2.75, 3.05) is 28.6 Å². The third-order valence-electron chi connectivity index (χ3n) is 3.56. The molecule has 3 rings (SSSR count). The zero-order valence-corrected chi connectivity index (χ0v) is 15.8. The van der Waals surface area contributed by atoms with Gasteiger partial charge in [-0.05, 0) is 6.07 Å². The lowest BCUT2D eigenvalue weighted by Gasteiger charge is -2.19. The van der Waals surface area contributed by atoms with Crippen LogP contribution in [0.5, 0.6) is 5.88 Å². The quantitative estimate of drug-likeness (QED) is 0.661. The monoisotopic (exact) mass is 415 g/mol. The fourth-order valence-electron chi connectivity index (χ4n) is 2.27. The summed E-state index contributed by atoms with van der Waals surface area (Å²) in [5.41, 5.74) is 6.43. The molecule has 0 aliphatic carbocycles. The number of pyridine rings is 2. The number of nitrogen functional groups attached to an aromatic ring is 1. The van der Waals surface area contributed by atoms with Crippen LogP contribution in [0.2, 0.25) is 10.0 Å². The Hall–Kier alpha value is -1.94. The number of carbonyl (C=O) groups is 1. The summed E-state index contributed by atoms with van der Waals surface area (Å²) >= 11 is 16.1. The molecule has 1 aliphatic heterocycles. The largest absolute Gasteiger partial charge is 0.472 e. The van der Waals surface area contributed by atoms with Gasteiger partial charge in [0, 0.05) is 24.9 Å². The van der Waals surface area contributed by atoms with Crippen LogP contribution in [0.15, 0.2) is 24.5 Å². The van der Waals surface area contributed by atoms with E-state index in [4.69, 9.17) is 38.4 Å². The minimum absolute atomic E-state index is 0.0564. The summed E-state index contributed by atoms with van der Waals surface area (Å²) in [4.78, 5) is 20.4. The number of anilines is 3. The molecule has 3 heterocycles. The second-order valence-corrected chi connectivity index (χ2v) is 6.59. The molecule has 0 saturated carbocycles. The van der Waals surface area contributed by atoms with Crippen LogP contribution in [0.25, 0.3) is 0 Å². The standard InChI is InChI=1S/C15H15Cl2N5O3S/c16-9-5-19-6-10(17)13(9)21-15(23)22(26)11-1-2-12(20-14(11)18)25-8-3-4-24-7-8/h1-2,5-6,8,26H,3-4,7H2,(H2,18,20)(H,19,21,23). The van der Waals surface area contributed by atoms with Crippen molar-refractivity contribution in [3.8, 4) is 5.88 Å². The number of thiol groups is 1. The molecular formula is C15H15Cl2N5O3S. The van der Waals surface area contributed by atoms with Crippen LogP contribution in [0, 0.1) is 0 Å². The summed E-state index contributed by atoms with van der Waals surface area (Å²) in [6, 6.07) is 2.57. The van der Waals surface area contributed by atoms with Gasteiger partial charge in [0.2, 0.25) is 5.88 Å². The molecule has 3 N–H and O–H groups in total. The summed E-state index contributed by atoms with van der Waals surface area (Å²) < 4.78 is 11.9. The minimum atomic E-state index is -0.616. The van der Waals surface area contributed by atoms with Crippen LogP contribution in [-0.2, 0) is 4.74 Å². The summed E-state index contributed by atoms with van der Waals surface area (Å²) in [5, 5.41) is 2.94. The predicted molar refractivity (Wildman–Crippen MR) is 103 cm³/mol. The third-order valence-corrected chi connectivity index (χ3v) is 4.53. The predicted octanol–water partition coefficient (Wildman–Crippen LogP) is 3.42. The average Bonchev–Trinajstić information content (AvgIpc) is 3.10. The molecule has 2 amide bonds. The van der Waals surface area contributed by atoms with Crippen molar-refractivity contribution < 1.29 is 14.3 Å². The van der Waals surface area contributed by atoms with Crippen LogP contribution in [0.4, 0.5) is 22.0 Å². The number of ether oxygens (including phenoxy) is 2. The maximum absolute atomic E-state index is 12.4. The fraction of sp³-hybridized carbons (Fsp3) is 0.267. The van der Waals surface area contributed by atoms with E-state index in [2.05, 4.69) is 28.1 Å². The second kappa shape index (κ2) is 8.17. The fourth-order valence-corrected chi connectivity index (χ4v) is 2.95. The van der Waals surface area contributed by atoms with E-state index in [1.807, 2.05) is 0 Å². The zero-order valence-electron chi connectivity index (χ0n) is 13.4. The van der Waals surface area contributed by atoms with Crippen LogP contribution >= 0.6 is 36.0 Å². The van der Waals surface area contributed by atoms with Gasteiger partial charge in [-0.2, -0.15) is 4.98 Å². The van der Waals surface area contributed by atoms with Crippen molar-refractivity contribution in [1.29, 1.82) is 0 Å². The SMILES string of the molecule is Nc1nc(OC2CCOC2)ccc1N(S)C(=O)Nc1c(Cl)cncc1Cl. The lowest BCUT2D eigenvalue weighted by Crippen LogP contribution is -2.28. The normalized spacial score (nSPS) is 16.3. The van der Waals surface area contributed by atoms with E-state index in [1.165, 1.54) is 12.4 Å². The van der Waals surface area contributed by atoms with E-state index in [0.717, 1.165) is 10.7 Å². The number of nitrogens with one attached hydrogen (secondary N) is 1. The average molecular weight is 416 g/mol. The highest BCUT2D eigenvalue weighted by Crippen LogP contribution is 2.31. The number of hydrogen-bond donors (Lipinski definition) is 3. The number of rotatable bonds is 4. The van der Waals surface area contributed by atoms with E-state index in [1.54, 1.807) is 12.1 Å². The van der Waals surface area contributed by atoms with Gasteiger partial charge < -0.3 is 20.5 Å². The highest BCUT2D eigenvalue weighted by Gasteiger charge is 2.21. The maximum atomic E-state index is 12.4. The van der Waals surface area contributed by atoms with Crippen molar-refractivity contribution in [2.24, 2.45) is 0 Å². The van der Waals surface area contributed by atoms with E-state index in [0.29, 0.717) is 19.1 Å². The molecule has 1 aliphatic rings. The Morgan fingerprint density at radius 3 is 2.73 bits per heavy atom. The van der Waals surface area contributed by atoms with Gasteiger partial charge in [0.05, 0.1) is 34.6 Å².